The van der Waals surface area contributed by atoms with Crippen LogP contribution in [0, 0.1) is 0 Å². The molecule has 0 bridgehead atoms. The van der Waals surface area contributed by atoms with Gasteiger partial charge >= 0.3 is 5.97 Å². The van der Waals surface area contributed by atoms with Gasteiger partial charge in [0.1, 0.15) is 0 Å². The molecule has 0 saturated heterocycles. The Kier molecular flexibility index (Phi) is 3.00. The summed E-state index contributed by atoms with van der Waals surface area (Å²) in [6, 6.07) is 6.40. The van der Waals surface area contributed by atoms with Gasteiger partial charge in [-0.25, -0.2) is 9.78 Å². The van der Waals surface area contributed by atoms with Gasteiger partial charge in [0, 0.05) is 24.0 Å². The maximum absolute atomic E-state index is 11.0. The molecule has 5 heteroatoms. The van der Waals surface area contributed by atoms with Crippen LogP contribution in [0.1, 0.15) is 10.4 Å². The van der Waals surface area contributed by atoms with Crippen molar-refractivity contribution < 1.29 is 14.6 Å². The molecule has 0 aromatic carbocycles. The smallest absolute Gasteiger partial charge is 0.335 e. The normalized spacial score (nSPS) is 9.94. The van der Waals surface area contributed by atoms with Crippen LogP contribution >= 0.6 is 0 Å². The Balaban J connectivity index is 2.54. The third-order valence-corrected chi connectivity index (χ3v) is 2.23. The van der Waals surface area contributed by atoms with Gasteiger partial charge in [0.2, 0.25) is 5.88 Å². The van der Waals surface area contributed by atoms with Crippen molar-refractivity contribution in [3.8, 4) is 17.1 Å². The van der Waals surface area contributed by atoms with Gasteiger partial charge in [0.25, 0.3) is 0 Å². The standard InChI is InChI=1S/C12H10N2O3/c1-17-11-7-9(12(15)16)6-10(14-11)8-2-4-13-5-3-8/h2-7H,1H3,(H,15,16). The SMILES string of the molecule is COc1cc(C(=O)O)cc(-c2ccncc2)n1. The van der Waals surface area contributed by atoms with Crippen LogP contribution in [0.15, 0.2) is 36.7 Å². The Bertz CT molecular complexity index is 541. The predicted octanol–water partition coefficient (Wildman–Crippen LogP) is 1.85. The van der Waals surface area contributed by atoms with Gasteiger partial charge in [-0.05, 0) is 18.2 Å². The molecule has 0 aliphatic rings. The second-order valence-corrected chi connectivity index (χ2v) is 3.32. The largest absolute Gasteiger partial charge is 0.481 e. The van der Waals surface area contributed by atoms with E-state index < -0.39 is 5.97 Å². The Hall–Kier alpha value is -2.43. The summed E-state index contributed by atoms with van der Waals surface area (Å²) in [7, 11) is 1.45. The second-order valence-electron chi connectivity index (χ2n) is 3.32. The van der Waals surface area contributed by atoms with Gasteiger partial charge in [-0.1, -0.05) is 0 Å². The highest BCUT2D eigenvalue weighted by atomic mass is 16.5. The molecule has 86 valence electrons. The first-order valence-corrected chi connectivity index (χ1v) is 4.90. The summed E-state index contributed by atoms with van der Waals surface area (Å²) in [4.78, 5) is 19.0. The minimum absolute atomic E-state index is 0.142. The van der Waals surface area contributed by atoms with Gasteiger partial charge < -0.3 is 9.84 Å². The number of carboxylic acid groups (broad SMARTS) is 1. The minimum atomic E-state index is -1.01. The summed E-state index contributed by atoms with van der Waals surface area (Å²) in [6.07, 6.45) is 3.24. The van der Waals surface area contributed by atoms with Crippen molar-refractivity contribution in [3.05, 3.63) is 42.2 Å². The number of hydrogen-bond donors (Lipinski definition) is 1. The van der Waals surface area contributed by atoms with Crippen LogP contribution in [-0.4, -0.2) is 28.2 Å². The summed E-state index contributed by atoms with van der Waals surface area (Å²) >= 11 is 0. The monoisotopic (exact) mass is 230 g/mol. The first-order valence-electron chi connectivity index (χ1n) is 4.90. The molecule has 0 aliphatic carbocycles. The number of rotatable bonds is 3. The molecule has 0 radical (unpaired) electrons. The molecule has 0 unspecified atom stereocenters. The van der Waals surface area contributed by atoms with Gasteiger partial charge in [-0.3, -0.25) is 4.98 Å². The Morgan fingerprint density at radius 3 is 2.59 bits per heavy atom. The van der Waals surface area contributed by atoms with Crippen LogP contribution in [0.25, 0.3) is 11.3 Å². The van der Waals surface area contributed by atoms with E-state index in [0.717, 1.165) is 5.56 Å². The highest BCUT2D eigenvalue weighted by Gasteiger charge is 2.09. The first kappa shape index (κ1) is 11.1. The van der Waals surface area contributed by atoms with E-state index in [0.29, 0.717) is 5.69 Å². The summed E-state index contributed by atoms with van der Waals surface area (Å²) in [5.74, 6) is -0.738. The van der Waals surface area contributed by atoms with E-state index in [1.807, 2.05) is 0 Å². The average molecular weight is 230 g/mol. The maximum atomic E-state index is 11.0. The summed E-state index contributed by atoms with van der Waals surface area (Å²) < 4.78 is 4.98. The molecule has 2 aromatic rings. The van der Waals surface area contributed by atoms with E-state index in [2.05, 4.69) is 9.97 Å². The molecular formula is C12H10N2O3. The molecule has 0 fully saturated rings. The number of methoxy groups -OCH3 is 1. The zero-order valence-corrected chi connectivity index (χ0v) is 9.12. The third-order valence-electron chi connectivity index (χ3n) is 2.23. The van der Waals surface area contributed by atoms with Crippen molar-refractivity contribution in [2.75, 3.05) is 7.11 Å². The lowest BCUT2D eigenvalue weighted by Gasteiger charge is -2.05. The Morgan fingerprint density at radius 1 is 1.29 bits per heavy atom. The van der Waals surface area contributed by atoms with Crippen LogP contribution in [0.5, 0.6) is 5.88 Å². The van der Waals surface area contributed by atoms with E-state index >= 15 is 0 Å². The number of aromatic carboxylic acids is 1. The molecular weight excluding hydrogens is 220 g/mol. The van der Waals surface area contributed by atoms with Gasteiger partial charge in [0.05, 0.1) is 18.4 Å². The first-order chi connectivity index (χ1) is 8.20. The minimum Gasteiger partial charge on any atom is -0.481 e. The third kappa shape index (κ3) is 2.39. The molecule has 0 amide bonds. The van der Waals surface area contributed by atoms with E-state index in [9.17, 15) is 4.79 Å². The molecule has 0 saturated carbocycles. The number of hydrogen-bond acceptors (Lipinski definition) is 4. The number of pyridine rings is 2. The van der Waals surface area contributed by atoms with Crippen molar-refractivity contribution >= 4 is 5.97 Å². The molecule has 2 aromatic heterocycles. The van der Waals surface area contributed by atoms with Gasteiger partial charge in [-0.2, -0.15) is 0 Å². The number of carbonyl (C=O) groups is 1. The second kappa shape index (κ2) is 4.61. The Morgan fingerprint density at radius 2 is 2.00 bits per heavy atom. The van der Waals surface area contributed by atoms with Crippen LogP contribution in [0.4, 0.5) is 0 Å². The van der Waals surface area contributed by atoms with Crippen LogP contribution < -0.4 is 4.74 Å². The lowest BCUT2D eigenvalue weighted by Crippen LogP contribution is -2.00. The van der Waals surface area contributed by atoms with E-state index in [1.54, 1.807) is 24.5 Å². The molecule has 1 N–H and O–H groups in total. The zero-order chi connectivity index (χ0) is 12.3. The highest BCUT2D eigenvalue weighted by molar-refractivity contribution is 5.89. The lowest BCUT2D eigenvalue weighted by atomic mass is 10.1. The van der Waals surface area contributed by atoms with Crippen LogP contribution in [0.2, 0.25) is 0 Å². The van der Waals surface area contributed by atoms with Gasteiger partial charge in [0.15, 0.2) is 0 Å². The average Bonchev–Trinajstić information content (AvgIpc) is 2.39. The number of ether oxygens (including phenoxy) is 1. The quantitative estimate of drug-likeness (QED) is 0.871. The van der Waals surface area contributed by atoms with Crippen molar-refractivity contribution in [1.82, 2.24) is 9.97 Å². The fraction of sp³-hybridized carbons (Fsp3) is 0.0833. The lowest BCUT2D eigenvalue weighted by molar-refractivity contribution is 0.0696. The van der Waals surface area contributed by atoms with Crippen molar-refractivity contribution in [1.29, 1.82) is 0 Å². The number of nitrogens with zero attached hydrogens (tertiary/aromatic N) is 2. The van der Waals surface area contributed by atoms with E-state index in [4.69, 9.17) is 9.84 Å². The number of carboxylic acids is 1. The van der Waals surface area contributed by atoms with E-state index in [-0.39, 0.29) is 11.4 Å². The van der Waals surface area contributed by atoms with Crippen LogP contribution in [0.3, 0.4) is 0 Å². The fourth-order valence-electron chi connectivity index (χ4n) is 1.40. The molecule has 0 aliphatic heterocycles. The highest BCUT2D eigenvalue weighted by Crippen LogP contribution is 2.21. The topological polar surface area (TPSA) is 72.3 Å². The summed E-state index contributed by atoms with van der Waals surface area (Å²) in [6.45, 7) is 0. The molecule has 2 heterocycles. The fourth-order valence-corrected chi connectivity index (χ4v) is 1.40. The summed E-state index contributed by atoms with van der Waals surface area (Å²) in [5, 5.41) is 8.98. The van der Waals surface area contributed by atoms with Gasteiger partial charge in [-0.15, -0.1) is 0 Å². The van der Waals surface area contributed by atoms with Crippen molar-refractivity contribution in [2.45, 2.75) is 0 Å². The van der Waals surface area contributed by atoms with E-state index in [1.165, 1.54) is 19.2 Å². The Labute approximate surface area is 97.7 Å². The summed E-state index contributed by atoms with van der Waals surface area (Å²) in [5.41, 5.74) is 1.48. The molecule has 5 nitrogen and oxygen atoms in total. The van der Waals surface area contributed by atoms with Crippen molar-refractivity contribution in [3.63, 3.8) is 0 Å². The molecule has 0 spiro atoms. The molecule has 0 atom stereocenters. The molecule has 2 rings (SSSR count). The predicted molar refractivity (Wildman–Crippen MR) is 61.0 cm³/mol. The molecule has 17 heavy (non-hydrogen) atoms. The van der Waals surface area contributed by atoms with Crippen LogP contribution in [-0.2, 0) is 0 Å². The zero-order valence-electron chi connectivity index (χ0n) is 9.12. The van der Waals surface area contributed by atoms with Crippen molar-refractivity contribution in [2.24, 2.45) is 0 Å². The maximum Gasteiger partial charge on any atom is 0.335 e. The number of aromatic nitrogens is 2.